The lowest BCUT2D eigenvalue weighted by Crippen LogP contribution is -2.31. The predicted octanol–water partition coefficient (Wildman–Crippen LogP) is 0.802. The van der Waals surface area contributed by atoms with Gasteiger partial charge in [0.15, 0.2) is 0 Å². The van der Waals surface area contributed by atoms with Gasteiger partial charge in [0.05, 0.1) is 16.7 Å². The van der Waals surface area contributed by atoms with Crippen LogP contribution >= 0.6 is 38.5 Å². The maximum absolute atomic E-state index is 11.4. The third-order valence-electron chi connectivity index (χ3n) is 1.98. The highest BCUT2D eigenvalue weighted by atomic mass is 127. The molecule has 0 aliphatic rings. The van der Waals surface area contributed by atoms with Crippen LogP contribution in [-0.2, 0) is 6.54 Å². The molecular weight excluding hydrogens is 391 g/mol. The van der Waals surface area contributed by atoms with Gasteiger partial charge in [0.1, 0.15) is 0 Å². The molecule has 1 rings (SSSR count). The maximum Gasteiger partial charge on any atom is 0.328 e. The minimum absolute atomic E-state index is 0.0736. The molecule has 0 atom stereocenters. The Morgan fingerprint density at radius 1 is 1.62 bits per heavy atom. The molecule has 0 aromatic carbocycles. The summed E-state index contributed by atoms with van der Waals surface area (Å²) in [5, 5.41) is 8.92. The van der Waals surface area contributed by atoms with Crippen molar-refractivity contribution in [2.75, 3.05) is 6.61 Å². The summed E-state index contributed by atoms with van der Waals surface area (Å²) in [6.07, 6.45) is 1.48. The van der Waals surface area contributed by atoms with E-state index in [2.05, 4.69) is 20.9 Å². The number of hydrogen-bond acceptors (Lipinski definition) is 3. The number of aromatic nitrogens is 2. The van der Waals surface area contributed by atoms with Crippen LogP contribution in [0.1, 0.15) is 6.92 Å². The molecule has 0 bridgehead atoms. The summed E-state index contributed by atoms with van der Waals surface area (Å²) in [7, 11) is 0. The summed E-state index contributed by atoms with van der Waals surface area (Å²) in [6.45, 7) is 1.97. The average Bonchev–Trinajstić information content (AvgIpc) is 2.24. The first-order valence-corrected chi connectivity index (χ1v) is 6.27. The van der Waals surface area contributed by atoms with Gasteiger partial charge < -0.3 is 5.11 Å². The molecule has 16 heavy (non-hydrogen) atoms. The predicted molar refractivity (Wildman–Crippen MR) is 72.8 cm³/mol. The number of aromatic amines is 1. The van der Waals surface area contributed by atoms with E-state index >= 15 is 0 Å². The molecule has 1 heterocycles. The Morgan fingerprint density at radius 3 is 2.81 bits per heavy atom. The maximum atomic E-state index is 11.4. The lowest BCUT2D eigenvalue weighted by Gasteiger charge is -2.06. The largest absolute Gasteiger partial charge is 0.392 e. The van der Waals surface area contributed by atoms with Crippen LogP contribution in [0, 0.1) is 3.57 Å². The van der Waals surface area contributed by atoms with Gasteiger partial charge >= 0.3 is 5.69 Å². The molecule has 0 saturated carbocycles. The second kappa shape index (κ2) is 5.78. The number of aliphatic hydroxyl groups is 1. The summed E-state index contributed by atoms with van der Waals surface area (Å²) in [4.78, 5) is 24.8. The van der Waals surface area contributed by atoms with Crippen LogP contribution in [0.25, 0.3) is 0 Å². The molecule has 0 unspecified atom stereocenters. The molecule has 0 saturated heterocycles. The zero-order valence-electron chi connectivity index (χ0n) is 8.46. The lowest BCUT2D eigenvalue weighted by atomic mass is 10.3. The highest BCUT2D eigenvalue weighted by molar-refractivity contribution is 14.1. The Hall–Kier alpha value is -0.410. The zero-order chi connectivity index (χ0) is 12.3. The summed E-state index contributed by atoms with van der Waals surface area (Å²) in [5.41, 5.74) is -0.109. The van der Waals surface area contributed by atoms with Gasteiger partial charge in [0, 0.05) is 10.7 Å². The third kappa shape index (κ3) is 3.29. The summed E-state index contributed by atoms with van der Waals surface area (Å²) in [5.74, 6) is 0. The van der Waals surface area contributed by atoms with Crippen LogP contribution in [0.15, 0.2) is 25.8 Å². The summed E-state index contributed by atoms with van der Waals surface area (Å²) < 4.78 is 2.53. The van der Waals surface area contributed by atoms with E-state index in [1.165, 1.54) is 10.8 Å². The van der Waals surface area contributed by atoms with Crippen molar-refractivity contribution in [3.8, 4) is 0 Å². The number of rotatable bonds is 3. The molecule has 1 aromatic rings. The van der Waals surface area contributed by atoms with Gasteiger partial charge in [-0.05, 0) is 35.1 Å². The number of halogens is 2. The van der Waals surface area contributed by atoms with E-state index in [-0.39, 0.29) is 18.7 Å². The topological polar surface area (TPSA) is 75.1 Å². The number of hydrogen-bond donors (Lipinski definition) is 2. The van der Waals surface area contributed by atoms with Gasteiger partial charge in [0.25, 0.3) is 5.56 Å². The number of nitrogens with zero attached hydrogens (tertiary/aromatic N) is 1. The minimum atomic E-state index is -0.465. The van der Waals surface area contributed by atoms with Crippen LogP contribution in [0.3, 0.4) is 0 Å². The zero-order valence-corrected chi connectivity index (χ0v) is 12.2. The Labute approximate surface area is 113 Å². The van der Waals surface area contributed by atoms with E-state index in [1.807, 2.05) is 22.6 Å². The number of H-pyrrole nitrogens is 1. The standard InChI is InChI=1S/C9H10BrIN2O3/c1-5(4-14)6(10)2-13-3-7(11)8(15)12-9(13)16/h3,14H,2,4H2,1H3,(H,12,15,16)/b6-5-. The Bertz CT molecular complexity index is 532. The molecule has 0 aliphatic carbocycles. The second-order valence-corrected chi connectivity index (χ2v) is 5.33. The third-order valence-corrected chi connectivity index (χ3v) is 3.67. The second-order valence-electron chi connectivity index (χ2n) is 3.21. The van der Waals surface area contributed by atoms with Crippen molar-refractivity contribution in [3.63, 3.8) is 0 Å². The first-order valence-electron chi connectivity index (χ1n) is 4.40. The highest BCUT2D eigenvalue weighted by Crippen LogP contribution is 2.13. The molecule has 1 aromatic heterocycles. The first kappa shape index (κ1) is 13.7. The normalized spacial score (nSPS) is 12.5. The van der Waals surface area contributed by atoms with Gasteiger partial charge in [0.2, 0.25) is 0 Å². The first-order chi connectivity index (χ1) is 7.45. The van der Waals surface area contributed by atoms with Crippen molar-refractivity contribution in [1.29, 1.82) is 0 Å². The van der Waals surface area contributed by atoms with Crippen LogP contribution in [0.4, 0.5) is 0 Å². The smallest absolute Gasteiger partial charge is 0.328 e. The minimum Gasteiger partial charge on any atom is -0.392 e. The molecule has 0 radical (unpaired) electrons. The van der Waals surface area contributed by atoms with Crippen LogP contribution in [0.2, 0.25) is 0 Å². The van der Waals surface area contributed by atoms with Crippen molar-refractivity contribution in [2.24, 2.45) is 0 Å². The molecule has 0 fully saturated rings. The number of aliphatic hydroxyl groups excluding tert-OH is 1. The number of nitrogens with one attached hydrogen (secondary N) is 1. The van der Waals surface area contributed by atoms with Crippen LogP contribution in [-0.4, -0.2) is 21.3 Å². The molecule has 88 valence electrons. The van der Waals surface area contributed by atoms with E-state index in [0.29, 0.717) is 3.57 Å². The molecule has 2 N–H and O–H groups in total. The van der Waals surface area contributed by atoms with E-state index in [0.717, 1.165) is 10.1 Å². The monoisotopic (exact) mass is 400 g/mol. The molecule has 7 heteroatoms. The van der Waals surface area contributed by atoms with E-state index in [1.54, 1.807) is 6.92 Å². The van der Waals surface area contributed by atoms with Gasteiger partial charge in [-0.1, -0.05) is 15.9 Å². The molecule has 0 spiro atoms. The number of allylic oxidation sites excluding steroid dienone is 1. The van der Waals surface area contributed by atoms with Crippen LogP contribution in [0.5, 0.6) is 0 Å². The molecule has 0 amide bonds. The fraction of sp³-hybridized carbons (Fsp3) is 0.333. The van der Waals surface area contributed by atoms with Crippen molar-refractivity contribution in [1.82, 2.24) is 9.55 Å². The van der Waals surface area contributed by atoms with Crippen molar-refractivity contribution < 1.29 is 5.11 Å². The molecule has 5 nitrogen and oxygen atoms in total. The fourth-order valence-electron chi connectivity index (χ4n) is 0.970. The fourth-order valence-corrected chi connectivity index (χ4v) is 1.84. The van der Waals surface area contributed by atoms with Gasteiger partial charge in [-0.25, -0.2) is 4.79 Å². The molecular formula is C9H10BrIN2O3. The Kier molecular flexibility index (Phi) is 4.93. The van der Waals surface area contributed by atoms with Gasteiger partial charge in [-0.15, -0.1) is 0 Å². The van der Waals surface area contributed by atoms with Gasteiger partial charge in [-0.2, -0.15) is 0 Å². The summed E-state index contributed by atoms with van der Waals surface area (Å²) in [6, 6.07) is 0. The quantitative estimate of drug-likeness (QED) is 0.737. The highest BCUT2D eigenvalue weighted by Gasteiger charge is 2.04. The van der Waals surface area contributed by atoms with E-state index < -0.39 is 5.69 Å². The Morgan fingerprint density at radius 2 is 2.25 bits per heavy atom. The van der Waals surface area contributed by atoms with Crippen molar-refractivity contribution >= 4 is 38.5 Å². The Balaban J connectivity index is 3.13. The summed E-state index contributed by atoms with van der Waals surface area (Å²) >= 11 is 5.14. The SMILES string of the molecule is C/C(CO)=C(/Br)Cn1cc(I)c(=O)[nH]c1=O. The molecule has 0 aliphatic heterocycles. The lowest BCUT2D eigenvalue weighted by molar-refractivity contribution is 0.330. The van der Waals surface area contributed by atoms with Crippen molar-refractivity contribution in [2.45, 2.75) is 13.5 Å². The van der Waals surface area contributed by atoms with Crippen LogP contribution < -0.4 is 11.2 Å². The van der Waals surface area contributed by atoms with Gasteiger partial charge in [-0.3, -0.25) is 14.3 Å². The van der Waals surface area contributed by atoms with E-state index in [9.17, 15) is 9.59 Å². The van der Waals surface area contributed by atoms with E-state index in [4.69, 9.17) is 5.11 Å². The average molecular weight is 401 g/mol. The van der Waals surface area contributed by atoms with Crippen molar-refractivity contribution in [3.05, 3.63) is 40.7 Å².